The van der Waals surface area contributed by atoms with Gasteiger partial charge in [-0.05, 0) is 30.2 Å². The van der Waals surface area contributed by atoms with Crippen LogP contribution in [0.5, 0.6) is 0 Å². The fourth-order valence-corrected chi connectivity index (χ4v) is 2.70. The topological polar surface area (TPSA) is 52.6 Å². The number of benzene rings is 2. The molecule has 0 aliphatic carbocycles. The fourth-order valence-electron chi connectivity index (χ4n) is 2.70. The molecule has 4 heteroatoms. The van der Waals surface area contributed by atoms with Crippen molar-refractivity contribution in [2.24, 2.45) is 0 Å². The second-order valence-corrected chi connectivity index (χ2v) is 5.30. The third kappa shape index (κ3) is 2.75. The summed E-state index contributed by atoms with van der Waals surface area (Å²) in [7, 11) is 1.35. The van der Waals surface area contributed by atoms with Gasteiger partial charge in [0.1, 0.15) is 0 Å². The molecule has 0 amide bonds. The number of carbonyl (C=O) groups is 2. The summed E-state index contributed by atoms with van der Waals surface area (Å²) in [6.45, 7) is 1.76. The van der Waals surface area contributed by atoms with Crippen LogP contribution >= 0.6 is 0 Å². The van der Waals surface area contributed by atoms with Crippen molar-refractivity contribution < 1.29 is 19.1 Å². The second-order valence-electron chi connectivity index (χ2n) is 5.30. The lowest BCUT2D eigenvalue weighted by Crippen LogP contribution is -2.04. The molecule has 0 unspecified atom stereocenters. The zero-order valence-corrected chi connectivity index (χ0v) is 12.9. The van der Waals surface area contributed by atoms with Gasteiger partial charge >= 0.3 is 11.9 Å². The van der Waals surface area contributed by atoms with Crippen LogP contribution in [-0.4, -0.2) is 19.0 Å². The van der Waals surface area contributed by atoms with E-state index in [4.69, 9.17) is 9.47 Å². The molecule has 23 heavy (non-hydrogen) atoms. The number of esters is 2. The van der Waals surface area contributed by atoms with Gasteiger partial charge in [0.05, 0.1) is 12.7 Å². The van der Waals surface area contributed by atoms with E-state index in [9.17, 15) is 9.59 Å². The van der Waals surface area contributed by atoms with Crippen molar-refractivity contribution in [2.75, 3.05) is 7.11 Å². The molecule has 3 rings (SSSR count). The molecule has 2 aromatic carbocycles. The summed E-state index contributed by atoms with van der Waals surface area (Å²) in [4.78, 5) is 23.5. The third-order valence-electron chi connectivity index (χ3n) is 3.92. The Morgan fingerprint density at radius 3 is 2.30 bits per heavy atom. The van der Waals surface area contributed by atoms with Crippen LogP contribution in [0.1, 0.15) is 34.5 Å². The quantitative estimate of drug-likeness (QED) is 0.814. The zero-order valence-electron chi connectivity index (χ0n) is 12.9. The number of ether oxygens (including phenoxy) is 2. The first kappa shape index (κ1) is 15.0. The summed E-state index contributed by atoms with van der Waals surface area (Å²) in [6.07, 6.45) is -0.423. The molecular weight excluding hydrogens is 292 g/mol. The predicted molar refractivity (Wildman–Crippen MR) is 85.7 cm³/mol. The lowest BCUT2D eigenvalue weighted by Gasteiger charge is -2.15. The molecular formula is C19H16O4. The molecule has 1 heterocycles. The highest BCUT2D eigenvalue weighted by atomic mass is 16.5. The Hall–Kier alpha value is -2.88. The first-order valence-corrected chi connectivity index (χ1v) is 7.27. The highest BCUT2D eigenvalue weighted by Gasteiger charge is 2.33. The van der Waals surface area contributed by atoms with Crippen molar-refractivity contribution in [3.63, 3.8) is 0 Å². The Morgan fingerprint density at radius 1 is 1.04 bits per heavy atom. The van der Waals surface area contributed by atoms with E-state index in [1.165, 1.54) is 7.11 Å². The number of hydrogen-bond acceptors (Lipinski definition) is 4. The number of methoxy groups -OCH3 is 1. The summed E-state index contributed by atoms with van der Waals surface area (Å²) in [5.74, 6) is -0.702. The second kappa shape index (κ2) is 6.08. The maximum Gasteiger partial charge on any atom is 0.337 e. The third-order valence-corrected chi connectivity index (χ3v) is 3.92. The Bertz CT molecular complexity index is 773. The average Bonchev–Trinajstić information content (AvgIpc) is 2.90. The van der Waals surface area contributed by atoms with Crippen LogP contribution in [0.15, 0.2) is 60.2 Å². The van der Waals surface area contributed by atoms with Gasteiger partial charge in [0, 0.05) is 11.1 Å². The monoisotopic (exact) mass is 308 g/mol. The molecule has 0 radical (unpaired) electrons. The number of carbonyl (C=O) groups excluding carboxylic acids is 2. The number of cyclic esters (lactones) is 1. The molecule has 0 bridgehead atoms. The zero-order chi connectivity index (χ0) is 16.4. The van der Waals surface area contributed by atoms with Gasteiger partial charge in [0.15, 0.2) is 6.10 Å². The highest BCUT2D eigenvalue weighted by molar-refractivity contribution is 6.02. The van der Waals surface area contributed by atoms with Crippen molar-refractivity contribution in [3.05, 3.63) is 76.9 Å². The van der Waals surface area contributed by atoms with Gasteiger partial charge in [-0.3, -0.25) is 0 Å². The van der Waals surface area contributed by atoms with Crippen LogP contribution in [0.25, 0.3) is 5.57 Å². The smallest absolute Gasteiger partial charge is 0.337 e. The SMILES string of the molecule is COC(=O)c1ccc(C2=C(C)C(=O)O[C@@H]2c2ccccc2)cc1. The summed E-state index contributed by atoms with van der Waals surface area (Å²) in [5, 5.41) is 0. The minimum atomic E-state index is -0.423. The molecule has 0 saturated heterocycles. The largest absolute Gasteiger partial charge is 0.465 e. The lowest BCUT2D eigenvalue weighted by molar-refractivity contribution is -0.139. The van der Waals surface area contributed by atoms with Gasteiger partial charge in [-0.2, -0.15) is 0 Å². The Balaban J connectivity index is 2.01. The van der Waals surface area contributed by atoms with Crippen LogP contribution in [0.2, 0.25) is 0 Å². The van der Waals surface area contributed by atoms with Crippen molar-refractivity contribution in [1.82, 2.24) is 0 Å². The minimum Gasteiger partial charge on any atom is -0.465 e. The molecule has 1 atom stereocenters. The van der Waals surface area contributed by atoms with E-state index in [1.807, 2.05) is 42.5 Å². The van der Waals surface area contributed by atoms with E-state index in [-0.39, 0.29) is 11.9 Å². The maximum absolute atomic E-state index is 12.0. The molecule has 0 saturated carbocycles. The molecule has 116 valence electrons. The fraction of sp³-hybridized carbons (Fsp3) is 0.158. The molecule has 4 nitrogen and oxygen atoms in total. The Labute approximate surface area is 134 Å². The van der Waals surface area contributed by atoms with Crippen LogP contribution in [0, 0.1) is 0 Å². The van der Waals surface area contributed by atoms with Gasteiger partial charge < -0.3 is 9.47 Å². The Kier molecular flexibility index (Phi) is 3.98. The van der Waals surface area contributed by atoms with E-state index in [0.29, 0.717) is 11.1 Å². The molecule has 0 N–H and O–H groups in total. The average molecular weight is 308 g/mol. The molecule has 0 spiro atoms. The van der Waals surface area contributed by atoms with E-state index < -0.39 is 6.10 Å². The highest BCUT2D eigenvalue weighted by Crippen LogP contribution is 2.41. The predicted octanol–water partition coefficient (Wildman–Crippen LogP) is 3.54. The normalized spacial score (nSPS) is 17.1. The molecule has 0 fully saturated rings. The summed E-state index contributed by atoms with van der Waals surface area (Å²) >= 11 is 0. The molecule has 0 aromatic heterocycles. The molecule has 1 aliphatic heterocycles. The van der Waals surface area contributed by atoms with Crippen molar-refractivity contribution in [2.45, 2.75) is 13.0 Å². The van der Waals surface area contributed by atoms with Gasteiger partial charge in [-0.1, -0.05) is 42.5 Å². The van der Waals surface area contributed by atoms with Crippen LogP contribution in [-0.2, 0) is 14.3 Å². The Morgan fingerprint density at radius 2 is 1.70 bits per heavy atom. The van der Waals surface area contributed by atoms with E-state index in [0.717, 1.165) is 16.7 Å². The summed E-state index contributed by atoms with van der Waals surface area (Å²) in [6, 6.07) is 16.6. The van der Waals surface area contributed by atoms with Crippen LogP contribution in [0.4, 0.5) is 0 Å². The maximum atomic E-state index is 12.0. The minimum absolute atomic E-state index is 0.314. The lowest BCUT2D eigenvalue weighted by atomic mass is 9.93. The molecule has 1 aliphatic rings. The van der Waals surface area contributed by atoms with E-state index in [2.05, 4.69) is 0 Å². The summed E-state index contributed by atoms with van der Waals surface area (Å²) < 4.78 is 10.2. The van der Waals surface area contributed by atoms with Crippen LogP contribution < -0.4 is 0 Å². The number of hydrogen-bond donors (Lipinski definition) is 0. The van der Waals surface area contributed by atoms with Crippen LogP contribution in [0.3, 0.4) is 0 Å². The number of rotatable bonds is 3. The van der Waals surface area contributed by atoms with Crippen molar-refractivity contribution in [1.29, 1.82) is 0 Å². The summed E-state index contributed by atoms with van der Waals surface area (Å²) in [5.41, 5.74) is 3.66. The van der Waals surface area contributed by atoms with Gasteiger partial charge in [0.2, 0.25) is 0 Å². The van der Waals surface area contributed by atoms with E-state index >= 15 is 0 Å². The standard InChI is InChI=1S/C19H16O4/c1-12-16(13-8-10-15(11-9-13)19(21)22-2)17(23-18(12)20)14-6-4-3-5-7-14/h3-11,17H,1-2H3/t17-/m1/s1. The van der Waals surface area contributed by atoms with E-state index in [1.54, 1.807) is 19.1 Å². The molecule has 2 aromatic rings. The van der Waals surface area contributed by atoms with Crippen molar-refractivity contribution >= 4 is 17.5 Å². The van der Waals surface area contributed by atoms with Crippen molar-refractivity contribution in [3.8, 4) is 0 Å². The van der Waals surface area contributed by atoms with Gasteiger partial charge in [-0.15, -0.1) is 0 Å². The van der Waals surface area contributed by atoms with Gasteiger partial charge in [0.25, 0.3) is 0 Å². The first-order chi connectivity index (χ1) is 11.1. The first-order valence-electron chi connectivity index (χ1n) is 7.27. The van der Waals surface area contributed by atoms with Gasteiger partial charge in [-0.25, -0.2) is 9.59 Å².